The monoisotopic (exact) mass is 663 g/mol. The normalized spacial score (nSPS) is 18.8. The third-order valence-electron chi connectivity index (χ3n) is 7.40. The van der Waals surface area contributed by atoms with Crippen LogP contribution in [0.3, 0.4) is 0 Å². The number of aromatic nitrogens is 3. The first kappa shape index (κ1) is 32.9. The van der Waals surface area contributed by atoms with Gasteiger partial charge in [0.15, 0.2) is 5.69 Å². The molecule has 1 aromatic carbocycles. The number of nitrogens with zero attached hydrogens (tertiary/aromatic N) is 4. The molecule has 2 atom stereocenters. The molecule has 3 aromatic heterocycles. The molecule has 4 heterocycles. The van der Waals surface area contributed by atoms with E-state index in [4.69, 9.17) is 4.52 Å². The SMILES string of the molecule is CC(C)C[C@@H]1NC(=O)CCCN(C(=O)c2ccon2)CCCNC(=O)c2csc(n2)[C@H](Cc2ccccc2)NC(=O)c2csc1n2. The minimum Gasteiger partial charge on any atom is -0.364 e. The molecule has 0 spiro atoms. The molecule has 3 N–H and O–H groups in total. The Hall–Kier alpha value is -4.43. The standard InChI is InChI=1S/C32H37N7O5S2/c1-20(2)16-23-30-37-26(19-46-30)29(42)35-24(17-21-8-4-3-5-9-21)31-36-25(18-45-31)28(41)33-12-7-14-39(13-6-10-27(40)34-23)32(43)22-11-15-44-38-22/h3-5,8-9,11,15,18-20,23-24H,6-7,10,12-14,16-17H2,1-2H3,(H,33,41)(H,34,40)(H,35,42)/t23-,24-/m0/s1. The summed E-state index contributed by atoms with van der Waals surface area (Å²) < 4.78 is 4.86. The van der Waals surface area contributed by atoms with E-state index in [9.17, 15) is 19.2 Å². The van der Waals surface area contributed by atoms with E-state index in [1.807, 2.05) is 30.3 Å². The Morgan fingerprint density at radius 1 is 0.935 bits per heavy atom. The summed E-state index contributed by atoms with van der Waals surface area (Å²) in [5.74, 6) is -0.910. The lowest BCUT2D eigenvalue weighted by Crippen LogP contribution is -2.36. The third kappa shape index (κ3) is 8.85. The van der Waals surface area contributed by atoms with Gasteiger partial charge in [0.1, 0.15) is 27.7 Å². The zero-order chi connectivity index (χ0) is 32.5. The predicted molar refractivity (Wildman–Crippen MR) is 174 cm³/mol. The van der Waals surface area contributed by atoms with Crippen molar-refractivity contribution in [1.29, 1.82) is 0 Å². The van der Waals surface area contributed by atoms with Gasteiger partial charge in [0.2, 0.25) is 5.91 Å². The number of benzene rings is 1. The molecule has 1 aliphatic heterocycles. The van der Waals surface area contributed by atoms with Crippen LogP contribution >= 0.6 is 22.7 Å². The number of fused-ring (bicyclic) bond motifs is 4. The number of carbonyl (C=O) groups excluding carboxylic acids is 4. The molecular formula is C32H37N7O5S2. The molecule has 0 fully saturated rings. The molecular weight excluding hydrogens is 627 g/mol. The minimum atomic E-state index is -0.497. The number of amides is 4. The number of nitrogens with one attached hydrogen (secondary N) is 3. The summed E-state index contributed by atoms with van der Waals surface area (Å²) in [5, 5.41) is 17.4. The first-order valence-electron chi connectivity index (χ1n) is 15.3. The first-order chi connectivity index (χ1) is 22.3. The van der Waals surface area contributed by atoms with E-state index in [0.29, 0.717) is 55.3 Å². The van der Waals surface area contributed by atoms with Crippen LogP contribution in [0.2, 0.25) is 0 Å². The molecule has 0 radical (unpaired) electrons. The lowest BCUT2D eigenvalue weighted by molar-refractivity contribution is -0.122. The fourth-order valence-electron chi connectivity index (χ4n) is 5.14. The maximum Gasteiger partial charge on any atom is 0.276 e. The number of thiazole rings is 2. The van der Waals surface area contributed by atoms with Crippen LogP contribution in [0.25, 0.3) is 0 Å². The average molecular weight is 664 g/mol. The van der Waals surface area contributed by atoms with E-state index >= 15 is 0 Å². The second kappa shape index (κ2) is 15.7. The van der Waals surface area contributed by atoms with E-state index in [0.717, 1.165) is 5.56 Å². The second-order valence-electron chi connectivity index (χ2n) is 11.5. The van der Waals surface area contributed by atoms with Crippen LogP contribution in [0, 0.1) is 5.92 Å². The predicted octanol–water partition coefficient (Wildman–Crippen LogP) is 4.56. The van der Waals surface area contributed by atoms with Crippen LogP contribution in [-0.4, -0.2) is 63.3 Å². The Morgan fingerprint density at radius 2 is 1.63 bits per heavy atom. The van der Waals surface area contributed by atoms with Gasteiger partial charge in [-0.3, -0.25) is 19.2 Å². The molecule has 0 saturated heterocycles. The fraction of sp³-hybridized carbons (Fsp3) is 0.406. The maximum atomic E-state index is 13.5. The van der Waals surface area contributed by atoms with Crippen LogP contribution in [0.15, 0.2) is 57.9 Å². The molecule has 12 nitrogen and oxygen atoms in total. The van der Waals surface area contributed by atoms with E-state index in [1.54, 1.807) is 15.7 Å². The number of carbonyl (C=O) groups is 4. The quantitative estimate of drug-likeness (QED) is 0.280. The van der Waals surface area contributed by atoms with Gasteiger partial charge in [0.25, 0.3) is 17.7 Å². The molecule has 242 valence electrons. The van der Waals surface area contributed by atoms with Crippen molar-refractivity contribution < 1.29 is 23.7 Å². The maximum absolute atomic E-state index is 13.5. The number of rotatable bonds is 5. The van der Waals surface area contributed by atoms with Crippen LogP contribution in [0.4, 0.5) is 0 Å². The highest BCUT2D eigenvalue weighted by Crippen LogP contribution is 2.27. The fourth-order valence-corrected chi connectivity index (χ4v) is 6.85. The van der Waals surface area contributed by atoms with Crippen LogP contribution < -0.4 is 16.0 Å². The Bertz CT molecular complexity index is 1620. The van der Waals surface area contributed by atoms with Crippen molar-refractivity contribution in [2.75, 3.05) is 19.6 Å². The summed E-state index contributed by atoms with van der Waals surface area (Å²) in [4.78, 5) is 63.6. The van der Waals surface area contributed by atoms with Gasteiger partial charge >= 0.3 is 0 Å². The minimum absolute atomic E-state index is 0.166. The summed E-state index contributed by atoms with van der Waals surface area (Å²) in [6.07, 6.45) is 3.56. The van der Waals surface area contributed by atoms with E-state index in [1.165, 1.54) is 35.0 Å². The van der Waals surface area contributed by atoms with Gasteiger partial charge in [-0.2, -0.15) is 0 Å². The van der Waals surface area contributed by atoms with Gasteiger partial charge < -0.3 is 25.4 Å². The average Bonchev–Trinajstić information content (AvgIpc) is 3.83. The van der Waals surface area contributed by atoms with Crippen LogP contribution in [-0.2, 0) is 11.2 Å². The molecule has 4 bridgehead atoms. The van der Waals surface area contributed by atoms with E-state index in [2.05, 4.69) is 44.9 Å². The summed E-state index contributed by atoms with van der Waals surface area (Å²) in [5.41, 5.74) is 1.69. The number of hydrogen-bond acceptors (Lipinski definition) is 10. The Morgan fingerprint density at radius 3 is 2.33 bits per heavy atom. The van der Waals surface area contributed by atoms with Crippen molar-refractivity contribution in [2.24, 2.45) is 5.92 Å². The Balaban J connectivity index is 1.41. The second-order valence-corrected chi connectivity index (χ2v) is 13.3. The lowest BCUT2D eigenvalue weighted by atomic mass is 10.0. The Labute approximate surface area is 275 Å². The van der Waals surface area contributed by atoms with Crippen molar-refractivity contribution in [3.63, 3.8) is 0 Å². The van der Waals surface area contributed by atoms with Crippen molar-refractivity contribution in [3.05, 3.63) is 86.1 Å². The van der Waals surface area contributed by atoms with Gasteiger partial charge in [0.05, 0.1) is 12.1 Å². The molecule has 0 unspecified atom stereocenters. The molecule has 46 heavy (non-hydrogen) atoms. The van der Waals surface area contributed by atoms with Crippen LogP contribution in [0.5, 0.6) is 0 Å². The molecule has 0 aliphatic carbocycles. The van der Waals surface area contributed by atoms with E-state index < -0.39 is 6.04 Å². The van der Waals surface area contributed by atoms with E-state index in [-0.39, 0.29) is 59.1 Å². The molecule has 4 amide bonds. The molecule has 5 rings (SSSR count). The Kier molecular flexibility index (Phi) is 11.3. The smallest absolute Gasteiger partial charge is 0.276 e. The lowest BCUT2D eigenvalue weighted by Gasteiger charge is -2.22. The highest BCUT2D eigenvalue weighted by atomic mass is 32.1. The highest BCUT2D eigenvalue weighted by molar-refractivity contribution is 7.10. The molecule has 1 aliphatic rings. The highest BCUT2D eigenvalue weighted by Gasteiger charge is 2.26. The van der Waals surface area contributed by atoms with Crippen molar-refractivity contribution in [1.82, 2.24) is 36.0 Å². The summed E-state index contributed by atoms with van der Waals surface area (Å²) in [7, 11) is 0. The van der Waals surface area contributed by atoms with Crippen LogP contribution in [0.1, 0.15) is 98.7 Å². The first-order valence-corrected chi connectivity index (χ1v) is 17.1. The number of hydrogen-bond donors (Lipinski definition) is 3. The van der Waals surface area contributed by atoms with Gasteiger partial charge in [-0.1, -0.05) is 49.3 Å². The summed E-state index contributed by atoms with van der Waals surface area (Å²) in [6.45, 7) is 5.11. The topological polar surface area (TPSA) is 159 Å². The van der Waals surface area contributed by atoms with Crippen molar-refractivity contribution in [3.8, 4) is 0 Å². The molecule has 14 heteroatoms. The third-order valence-corrected chi connectivity index (χ3v) is 9.32. The summed E-state index contributed by atoms with van der Waals surface area (Å²) >= 11 is 2.63. The van der Waals surface area contributed by atoms with Gasteiger partial charge in [-0.25, -0.2) is 9.97 Å². The van der Waals surface area contributed by atoms with Crippen molar-refractivity contribution in [2.45, 2.75) is 58.0 Å². The van der Waals surface area contributed by atoms with Gasteiger partial charge in [-0.05, 0) is 37.2 Å². The molecule has 0 saturated carbocycles. The molecule has 4 aromatic rings. The van der Waals surface area contributed by atoms with Gasteiger partial charge in [0, 0.05) is 42.9 Å². The zero-order valence-corrected chi connectivity index (χ0v) is 27.4. The summed E-state index contributed by atoms with van der Waals surface area (Å²) in [6, 6.07) is 10.4. The van der Waals surface area contributed by atoms with Crippen molar-refractivity contribution >= 4 is 46.3 Å². The van der Waals surface area contributed by atoms with Gasteiger partial charge in [-0.15, -0.1) is 22.7 Å². The largest absolute Gasteiger partial charge is 0.364 e. The zero-order valence-electron chi connectivity index (χ0n) is 25.7.